The first-order chi connectivity index (χ1) is 7.49. The third kappa shape index (κ3) is 6.16. The van der Waals surface area contributed by atoms with Gasteiger partial charge in [0.15, 0.2) is 0 Å². The van der Waals surface area contributed by atoms with E-state index in [1.807, 2.05) is 6.92 Å². The van der Waals surface area contributed by atoms with Gasteiger partial charge in [0.1, 0.15) is 11.7 Å². The van der Waals surface area contributed by atoms with Crippen LogP contribution in [0, 0.1) is 5.92 Å². The van der Waals surface area contributed by atoms with Gasteiger partial charge in [-0.1, -0.05) is 13.3 Å². The van der Waals surface area contributed by atoms with Gasteiger partial charge in [0.2, 0.25) is 5.91 Å². The van der Waals surface area contributed by atoms with Gasteiger partial charge in [-0.05, 0) is 13.3 Å². The number of nitrogens with one attached hydrogen (secondary N) is 1. The van der Waals surface area contributed by atoms with Crippen molar-refractivity contribution in [2.45, 2.75) is 33.6 Å². The molecular weight excluding hydrogens is 210 g/mol. The van der Waals surface area contributed by atoms with E-state index in [0.717, 1.165) is 12.8 Å². The molecule has 1 unspecified atom stereocenters. The normalized spacial score (nSPS) is 11.7. The summed E-state index contributed by atoms with van der Waals surface area (Å²) >= 11 is 0. The van der Waals surface area contributed by atoms with Gasteiger partial charge in [0.25, 0.3) is 0 Å². The molecule has 0 fully saturated rings. The standard InChI is InChI=1S/C11H19NO4/c1-4-5-6-16-11(15)10(8(2)13)7-12-9(3)14/h10H,4-7H2,1-3H3,(H,12,14). The maximum atomic E-state index is 11.5. The molecule has 5 heteroatoms. The van der Waals surface area contributed by atoms with Crippen LogP contribution in [0.5, 0.6) is 0 Å². The van der Waals surface area contributed by atoms with Crippen molar-refractivity contribution in [2.24, 2.45) is 5.92 Å². The van der Waals surface area contributed by atoms with Crippen LogP contribution in [0.3, 0.4) is 0 Å². The predicted molar refractivity (Wildman–Crippen MR) is 58.7 cm³/mol. The highest BCUT2D eigenvalue weighted by molar-refractivity contribution is 5.98. The van der Waals surface area contributed by atoms with Crippen molar-refractivity contribution in [3.05, 3.63) is 0 Å². The van der Waals surface area contributed by atoms with Crippen molar-refractivity contribution < 1.29 is 19.1 Å². The fraction of sp³-hybridized carbons (Fsp3) is 0.727. The first kappa shape index (κ1) is 14.6. The Bertz CT molecular complexity index is 263. The van der Waals surface area contributed by atoms with E-state index in [1.165, 1.54) is 13.8 Å². The van der Waals surface area contributed by atoms with E-state index in [1.54, 1.807) is 0 Å². The molecule has 0 rings (SSSR count). The summed E-state index contributed by atoms with van der Waals surface area (Å²) in [6.45, 7) is 4.95. The number of hydrogen-bond donors (Lipinski definition) is 1. The van der Waals surface area contributed by atoms with Gasteiger partial charge >= 0.3 is 5.97 Å². The maximum Gasteiger partial charge on any atom is 0.318 e. The molecule has 1 amide bonds. The van der Waals surface area contributed by atoms with E-state index >= 15 is 0 Å². The number of amides is 1. The minimum atomic E-state index is -0.888. The summed E-state index contributed by atoms with van der Waals surface area (Å²) in [5.41, 5.74) is 0. The third-order valence-electron chi connectivity index (χ3n) is 2.07. The minimum absolute atomic E-state index is 0.00955. The molecule has 0 aromatic rings. The molecule has 0 saturated heterocycles. The number of unbranched alkanes of at least 4 members (excludes halogenated alkanes) is 1. The topological polar surface area (TPSA) is 72.5 Å². The van der Waals surface area contributed by atoms with E-state index in [2.05, 4.69) is 5.32 Å². The quantitative estimate of drug-likeness (QED) is 0.395. The Kier molecular flexibility index (Phi) is 7.16. The largest absolute Gasteiger partial charge is 0.465 e. The first-order valence-corrected chi connectivity index (χ1v) is 5.40. The molecule has 0 heterocycles. The van der Waals surface area contributed by atoms with Gasteiger partial charge in [-0.15, -0.1) is 0 Å². The van der Waals surface area contributed by atoms with Gasteiger partial charge in [0, 0.05) is 13.5 Å². The molecule has 0 aliphatic carbocycles. The van der Waals surface area contributed by atoms with E-state index < -0.39 is 11.9 Å². The van der Waals surface area contributed by atoms with Crippen molar-refractivity contribution >= 4 is 17.7 Å². The first-order valence-electron chi connectivity index (χ1n) is 5.40. The SMILES string of the molecule is CCCCOC(=O)C(CNC(C)=O)C(C)=O. The van der Waals surface area contributed by atoms with Gasteiger partial charge in [-0.2, -0.15) is 0 Å². The molecule has 1 N–H and O–H groups in total. The van der Waals surface area contributed by atoms with Crippen molar-refractivity contribution in [1.82, 2.24) is 5.32 Å². The lowest BCUT2D eigenvalue weighted by Gasteiger charge is -2.13. The maximum absolute atomic E-state index is 11.5. The number of rotatable bonds is 7. The molecule has 1 atom stereocenters. The summed E-state index contributed by atoms with van der Waals surface area (Å²) in [5, 5.41) is 2.44. The third-order valence-corrected chi connectivity index (χ3v) is 2.07. The summed E-state index contributed by atoms with van der Waals surface area (Å²) in [7, 11) is 0. The number of carbonyl (C=O) groups is 3. The monoisotopic (exact) mass is 229 g/mol. The predicted octanol–water partition coefficient (Wildman–Crippen LogP) is 0.671. The van der Waals surface area contributed by atoms with Crippen molar-refractivity contribution in [3.63, 3.8) is 0 Å². The Hall–Kier alpha value is -1.39. The molecule has 92 valence electrons. The summed E-state index contributed by atoms with van der Waals surface area (Å²) < 4.78 is 4.93. The molecule has 0 saturated carbocycles. The lowest BCUT2D eigenvalue weighted by molar-refractivity contribution is -0.151. The fourth-order valence-electron chi connectivity index (χ4n) is 1.06. The number of ketones is 1. The Labute approximate surface area is 95.5 Å². The van der Waals surface area contributed by atoms with Crippen LogP contribution < -0.4 is 5.32 Å². The second-order valence-electron chi connectivity index (χ2n) is 3.62. The van der Waals surface area contributed by atoms with E-state index in [0.29, 0.717) is 6.61 Å². The number of carbonyl (C=O) groups excluding carboxylic acids is 3. The highest BCUT2D eigenvalue weighted by atomic mass is 16.5. The van der Waals surface area contributed by atoms with Gasteiger partial charge < -0.3 is 10.1 Å². The van der Waals surface area contributed by atoms with Crippen LogP contribution in [-0.4, -0.2) is 30.8 Å². The highest BCUT2D eigenvalue weighted by Crippen LogP contribution is 2.02. The minimum Gasteiger partial charge on any atom is -0.465 e. The van der Waals surface area contributed by atoms with Crippen LogP contribution in [0.1, 0.15) is 33.6 Å². The van der Waals surface area contributed by atoms with Crippen LogP contribution in [0.2, 0.25) is 0 Å². The summed E-state index contributed by atoms with van der Waals surface area (Å²) in [4.78, 5) is 33.3. The van der Waals surface area contributed by atoms with Gasteiger partial charge in [-0.3, -0.25) is 14.4 Å². The molecule has 0 aliphatic heterocycles. The van der Waals surface area contributed by atoms with Gasteiger partial charge in [-0.25, -0.2) is 0 Å². The van der Waals surface area contributed by atoms with Gasteiger partial charge in [0.05, 0.1) is 6.61 Å². The molecule has 16 heavy (non-hydrogen) atoms. The zero-order valence-corrected chi connectivity index (χ0v) is 10.0. The number of ether oxygens (including phenoxy) is 1. The van der Waals surface area contributed by atoms with Crippen LogP contribution in [0.4, 0.5) is 0 Å². The molecule has 0 aliphatic rings. The second-order valence-corrected chi connectivity index (χ2v) is 3.62. The molecule has 0 bridgehead atoms. The Morgan fingerprint density at radius 2 is 1.88 bits per heavy atom. The zero-order valence-electron chi connectivity index (χ0n) is 10.0. The smallest absolute Gasteiger partial charge is 0.318 e. The van der Waals surface area contributed by atoms with Crippen LogP contribution in [0.25, 0.3) is 0 Å². The highest BCUT2D eigenvalue weighted by Gasteiger charge is 2.24. The Morgan fingerprint density at radius 1 is 1.25 bits per heavy atom. The summed E-state index contributed by atoms with van der Waals surface area (Å²) in [5.74, 6) is -2.02. The molecule has 0 aromatic heterocycles. The van der Waals surface area contributed by atoms with Crippen molar-refractivity contribution in [1.29, 1.82) is 0 Å². The van der Waals surface area contributed by atoms with E-state index in [-0.39, 0.29) is 18.2 Å². The lowest BCUT2D eigenvalue weighted by Crippen LogP contribution is -2.36. The van der Waals surface area contributed by atoms with Crippen molar-refractivity contribution in [3.8, 4) is 0 Å². The Balaban J connectivity index is 4.14. The number of hydrogen-bond acceptors (Lipinski definition) is 4. The van der Waals surface area contributed by atoms with Crippen LogP contribution >= 0.6 is 0 Å². The zero-order chi connectivity index (χ0) is 12.6. The molecule has 0 spiro atoms. The summed E-state index contributed by atoms with van der Waals surface area (Å²) in [6.07, 6.45) is 1.69. The fourth-order valence-corrected chi connectivity index (χ4v) is 1.06. The van der Waals surface area contributed by atoms with E-state index in [4.69, 9.17) is 4.74 Å². The Morgan fingerprint density at radius 3 is 2.31 bits per heavy atom. The molecular formula is C11H19NO4. The van der Waals surface area contributed by atoms with Crippen molar-refractivity contribution in [2.75, 3.05) is 13.2 Å². The average molecular weight is 229 g/mol. The molecule has 5 nitrogen and oxygen atoms in total. The average Bonchev–Trinajstić information content (AvgIpc) is 2.17. The molecule has 0 radical (unpaired) electrons. The molecule has 0 aromatic carbocycles. The van der Waals surface area contributed by atoms with E-state index in [9.17, 15) is 14.4 Å². The summed E-state index contributed by atoms with van der Waals surface area (Å²) in [6, 6.07) is 0. The van der Waals surface area contributed by atoms with Crippen LogP contribution in [0.15, 0.2) is 0 Å². The van der Waals surface area contributed by atoms with Crippen LogP contribution in [-0.2, 0) is 19.1 Å². The lowest BCUT2D eigenvalue weighted by atomic mass is 10.1. The number of esters is 1. The second kappa shape index (κ2) is 7.84. The number of Topliss-reactive ketones (excluding diaryl/α,β-unsaturated/α-hetero) is 1.